The molecule has 0 saturated heterocycles. The number of halogens is 1. The van der Waals surface area contributed by atoms with Crippen LogP contribution in [0.25, 0.3) is 11.3 Å². The average molecular weight is 408 g/mol. The molecule has 1 aliphatic heterocycles. The van der Waals surface area contributed by atoms with Crippen molar-refractivity contribution in [1.29, 1.82) is 0 Å². The van der Waals surface area contributed by atoms with E-state index in [1.807, 2.05) is 0 Å². The number of carboxylic acid groups (broad SMARTS) is 1. The van der Waals surface area contributed by atoms with E-state index in [-0.39, 0.29) is 23.7 Å². The predicted molar refractivity (Wildman–Crippen MR) is 107 cm³/mol. The summed E-state index contributed by atoms with van der Waals surface area (Å²) in [7, 11) is 0. The summed E-state index contributed by atoms with van der Waals surface area (Å²) in [5, 5.41) is 19.0. The Hall–Kier alpha value is -4.01. The first kappa shape index (κ1) is 19.3. The van der Waals surface area contributed by atoms with Crippen LogP contribution in [0.15, 0.2) is 48.5 Å². The van der Waals surface area contributed by atoms with Crippen LogP contribution in [0.2, 0.25) is 0 Å². The Kier molecular flexibility index (Phi) is 4.78. The lowest BCUT2D eigenvalue weighted by molar-refractivity contribution is -0.125. The third-order valence-electron chi connectivity index (χ3n) is 4.88. The molecule has 1 aromatic heterocycles. The summed E-state index contributed by atoms with van der Waals surface area (Å²) in [6.07, 6.45) is -0.124. The highest BCUT2D eigenvalue weighted by Crippen LogP contribution is 2.34. The van der Waals surface area contributed by atoms with Gasteiger partial charge in [0.15, 0.2) is 0 Å². The Labute approximate surface area is 170 Å². The van der Waals surface area contributed by atoms with E-state index < -0.39 is 17.9 Å². The van der Waals surface area contributed by atoms with E-state index in [1.165, 1.54) is 35.0 Å². The number of anilines is 2. The number of benzene rings is 2. The minimum absolute atomic E-state index is 0.0309. The van der Waals surface area contributed by atoms with Crippen molar-refractivity contribution in [2.75, 3.05) is 10.6 Å². The number of aromatic nitrogens is 2. The van der Waals surface area contributed by atoms with Crippen LogP contribution < -0.4 is 10.6 Å². The molecule has 0 bridgehead atoms. The molecule has 3 aromatic rings. The lowest BCUT2D eigenvalue weighted by Crippen LogP contribution is -2.36. The highest BCUT2D eigenvalue weighted by molar-refractivity contribution is 6.02. The van der Waals surface area contributed by atoms with Gasteiger partial charge in [0.2, 0.25) is 11.8 Å². The highest BCUT2D eigenvalue weighted by Gasteiger charge is 2.34. The van der Waals surface area contributed by atoms with Gasteiger partial charge in [-0.15, -0.1) is 0 Å². The fourth-order valence-electron chi connectivity index (χ4n) is 3.38. The first-order chi connectivity index (χ1) is 14.3. The molecule has 152 valence electrons. The first-order valence-corrected chi connectivity index (χ1v) is 9.12. The number of aromatic carboxylic acids is 1. The summed E-state index contributed by atoms with van der Waals surface area (Å²) in [6.45, 7) is 1.76. The van der Waals surface area contributed by atoms with Crippen LogP contribution in [0.1, 0.15) is 28.4 Å². The van der Waals surface area contributed by atoms with Gasteiger partial charge in [-0.05, 0) is 49.4 Å². The SMILES string of the molecule is Cc1c(-c2ccc(F)cc2)nn2c1NC(=O)CC2C(=O)Nc1cccc(C(=O)O)c1. The van der Waals surface area contributed by atoms with Gasteiger partial charge in [0.25, 0.3) is 0 Å². The zero-order valence-corrected chi connectivity index (χ0v) is 15.8. The minimum Gasteiger partial charge on any atom is -0.478 e. The number of fused-ring (bicyclic) bond motifs is 1. The summed E-state index contributed by atoms with van der Waals surface area (Å²) in [4.78, 5) is 36.3. The van der Waals surface area contributed by atoms with Gasteiger partial charge in [-0.3, -0.25) is 9.59 Å². The second kappa shape index (κ2) is 7.43. The molecule has 1 unspecified atom stereocenters. The second-order valence-corrected chi connectivity index (χ2v) is 6.92. The minimum atomic E-state index is -1.11. The number of carbonyl (C=O) groups is 3. The molecule has 9 heteroatoms. The maximum atomic E-state index is 13.3. The van der Waals surface area contributed by atoms with Crippen molar-refractivity contribution < 1.29 is 23.9 Å². The molecule has 30 heavy (non-hydrogen) atoms. The predicted octanol–water partition coefficient (Wildman–Crippen LogP) is 3.22. The van der Waals surface area contributed by atoms with Crippen molar-refractivity contribution in [1.82, 2.24) is 9.78 Å². The quantitative estimate of drug-likeness (QED) is 0.613. The Morgan fingerprint density at radius 2 is 1.97 bits per heavy atom. The number of nitrogens with zero attached hydrogens (tertiary/aromatic N) is 2. The molecule has 0 saturated carbocycles. The van der Waals surface area contributed by atoms with Crippen LogP contribution in [0, 0.1) is 12.7 Å². The van der Waals surface area contributed by atoms with Crippen molar-refractivity contribution >= 4 is 29.3 Å². The molecule has 1 aliphatic rings. The molecule has 2 amide bonds. The van der Waals surface area contributed by atoms with Gasteiger partial charge in [-0.2, -0.15) is 5.10 Å². The van der Waals surface area contributed by atoms with Gasteiger partial charge in [-0.1, -0.05) is 6.07 Å². The monoisotopic (exact) mass is 408 g/mol. The van der Waals surface area contributed by atoms with E-state index in [1.54, 1.807) is 25.1 Å². The van der Waals surface area contributed by atoms with E-state index >= 15 is 0 Å². The van der Waals surface area contributed by atoms with E-state index in [0.717, 1.165) is 0 Å². The standard InChI is InChI=1S/C21H17FN4O4/c1-11-18(12-5-7-14(22)8-6-12)25-26-16(10-17(27)24-19(11)26)20(28)23-15-4-2-3-13(9-15)21(29)30/h2-9,16H,10H2,1H3,(H,23,28)(H,24,27)(H,29,30). The smallest absolute Gasteiger partial charge is 0.335 e. The van der Waals surface area contributed by atoms with Gasteiger partial charge in [0.05, 0.1) is 17.7 Å². The number of hydrogen-bond donors (Lipinski definition) is 3. The number of amides is 2. The zero-order chi connectivity index (χ0) is 21.4. The Bertz CT molecular complexity index is 1170. The Balaban J connectivity index is 1.68. The summed E-state index contributed by atoms with van der Waals surface area (Å²) < 4.78 is 14.7. The fourth-order valence-corrected chi connectivity index (χ4v) is 3.38. The Morgan fingerprint density at radius 3 is 2.67 bits per heavy atom. The lowest BCUT2D eigenvalue weighted by atomic mass is 10.1. The summed E-state index contributed by atoms with van der Waals surface area (Å²) in [6, 6.07) is 10.7. The third-order valence-corrected chi connectivity index (χ3v) is 4.88. The highest BCUT2D eigenvalue weighted by atomic mass is 19.1. The molecule has 2 heterocycles. The maximum Gasteiger partial charge on any atom is 0.335 e. The molecule has 0 spiro atoms. The van der Waals surface area contributed by atoms with Crippen LogP contribution >= 0.6 is 0 Å². The summed E-state index contributed by atoms with van der Waals surface area (Å²) in [5.41, 5.74) is 2.16. The van der Waals surface area contributed by atoms with E-state index in [4.69, 9.17) is 5.11 Å². The zero-order valence-electron chi connectivity index (χ0n) is 15.8. The Morgan fingerprint density at radius 1 is 1.23 bits per heavy atom. The van der Waals surface area contributed by atoms with Crippen LogP contribution in [0.3, 0.4) is 0 Å². The van der Waals surface area contributed by atoms with Crippen LogP contribution in [0.4, 0.5) is 15.9 Å². The van der Waals surface area contributed by atoms with Gasteiger partial charge in [-0.25, -0.2) is 13.9 Å². The molecule has 0 fully saturated rings. The lowest BCUT2D eigenvalue weighted by Gasteiger charge is -2.24. The first-order valence-electron chi connectivity index (χ1n) is 9.12. The van der Waals surface area contributed by atoms with Gasteiger partial charge in [0.1, 0.15) is 17.7 Å². The van der Waals surface area contributed by atoms with Crippen molar-refractivity contribution in [3.63, 3.8) is 0 Å². The topological polar surface area (TPSA) is 113 Å². The van der Waals surface area contributed by atoms with Crippen LogP contribution in [-0.4, -0.2) is 32.7 Å². The molecular weight excluding hydrogens is 391 g/mol. The number of nitrogens with one attached hydrogen (secondary N) is 2. The largest absolute Gasteiger partial charge is 0.478 e. The van der Waals surface area contributed by atoms with E-state index in [2.05, 4.69) is 15.7 Å². The van der Waals surface area contributed by atoms with Crippen molar-refractivity contribution in [2.45, 2.75) is 19.4 Å². The second-order valence-electron chi connectivity index (χ2n) is 6.92. The number of carbonyl (C=O) groups excluding carboxylic acids is 2. The van der Waals surface area contributed by atoms with Crippen molar-refractivity contribution in [3.8, 4) is 11.3 Å². The molecular formula is C21H17FN4O4. The molecule has 0 aliphatic carbocycles. The van der Waals surface area contributed by atoms with E-state index in [9.17, 15) is 18.8 Å². The maximum absolute atomic E-state index is 13.3. The summed E-state index contributed by atoms with van der Waals surface area (Å²) in [5.74, 6) is -1.94. The van der Waals surface area contributed by atoms with Gasteiger partial charge in [0, 0.05) is 16.8 Å². The third kappa shape index (κ3) is 3.52. The molecule has 4 rings (SSSR count). The van der Waals surface area contributed by atoms with Crippen LogP contribution in [-0.2, 0) is 9.59 Å². The fraction of sp³-hybridized carbons (Fsp3) is 0.143. The van der Waals surface area contributed by atoms with Gasteiger partial charge < -0.3 is 15.7 Å². The average Bonchev–Trinajstić information content (AvgIpc) is 3.04. The van der Waals surface area contributed by atoms with Crippen molar-refractivity contribution in [3.05, 3.63) is 65.5 Å². The number of hydrogen-bond acceptors (Lipinski definition) is 4. The molecule has 2 aromatic carbocycles. The number of carboxylic acids is 1. The van der Waals surface area contributed by atoms with Crippen LogP contribution in [0.5, 0.6) is 0 Å². The van der Waals surface area contributed by atoms with E-state index in [0.29, 0.717) is 28.3 Å². The van der Waals surface area contributed by atoms with Crippen molar-refractivity contribution in [2.24, 2.45) is 0 Å². The summed E-state index contributed by atoms with van der Waals surface area (Å²) >= 11 is 0. The normalized spacial score (nSPS) is 15.3. The molecule has 0 radical (unpaired) electrons. The molecule has 3 N–H and O–H groups in total. The number of rotatable bonds is 4. The molecule has 8 nitrogen and oxygen atoms in total. The van der Waals surface area contributed by atoms with Gasteiger partial charge >= 0.3 is 5.97 Å². The molecule has 1 atom stereocenters.